The maximum atomic E-state index is 12.6. The van der Waals surface area contributed by atoms with Crippen LogP contribution in [0.3, 0.4) is 0 Å². The van der Waals surface area contributed by atoms with Crippen LogP contribution >= 0.6 is 0 Å². The average Bonchev–Trinajstić information content (AvgIpc) is 3.10. The molecule has 0 aliphatic heterocycles. The molecule has 160 valence electrons. The first kappa shape index (κ1) is 20.7. The lowest BCUT2D eigenvalue weighted by molar-refractivity contribution is -0.137. The van der Waals surface area contributed by atoms with Gasteiger partial charge in [0.15, 0.2) is 5.58 Å². The number of aromatic nitrogens is 1. The van der Waals surface area contributed by atoms with Crippen molar-refractivity contribution in [2.24, 2.45) is 0 Å². The van der Waals surface area contributed by atoms with Gasteiger partial charge < -0.3 is 9.73 Å². The van der Waals surface area contributed by atoms with Crippen LogP contribution in [-0.4, -0.2) is 17.6 Å². The molecule has 1 aliphatic rings. The number of rotatable bonds is 6. The fraction of sp³-hybridized carbons (Fsp3) is 0.435. The summed E-state index contributed by atoms with van der Waals surface area (Å²) in [5.41, 5.74) is 2.89. The number of nitrogens with one attached hydrogen (secondary N) is 2. The van der Waals surface area contributed by atoms with E-state index in [1.807, 2.05) is 12.1 Å². The molecule has 0 bridgehead atoms. The first-order valence-corrected chi connectivity index (χ1v) is 10.4. The smallest absolute Gasteiger partial charge is 0.408 e. The van der Waals surface area contributed by atoms with Gasteiger partial charge in [0.2, 0.25) is 0 Å². The zero-order valence-corrected chi connectivity index (χ0v) is 16.6. The molecule has 0 spiro atoms. The van der Waals surface area contributed by atoms with Crippen LogP contribution in [0.2, 0.25) is 0 Å². The second-order valence-electron chi connectivity index (χ2n) is 8.07. The summed E-state index contributed by atoms with van der Waals surface area (Å²) in [7, 11) is 0. The van der Waals surface area contributed by atoms with Crippen molar-refractivity contribution in [3.8, 4) is 0 Å². The largest absolute Gasteiger partial charge is 0.417 e. The highest BCUT2D eigenvalue weighted by Crippen LogP contribution is 2.34. The van der Waals surface area contributed by atoms with E-state index < -0.39 is 17.5 Å². The van der Waals surface area contributed by atoms with E-state index in [1.54, 1.807) is 12.1 Å². The molecule has 0 saturated heterocycles. The van der Waals surface area contributed by atoms with Gasteiger partial charge in [0, 0.05) is 6.04 Å². The molecule has 0 atom stereocenters. The summed E-state index contributed by atoms with van der Waals surface area (Å²) in [4.78, 5) is 14.0. The lowest BCUT2D eigenvalue weighted by Crippen LogP contribution is -2.33. The van der Waals surface area contributed by atoms with Crippen LogP contribution in [0.5, 0.6) is 0 Å². The molecule has 1 heterocycles. The molecule has 1 saturated carbocycles. The van der Waals surface area contributed by atoms with E-state index in [2.05, 4.69) is 16.4 Å². The third kappa shape index (κ3) is 4.95. The topological polar surface area (TPSA) is 58.0 Å². The van der Waals surface area contributed by atoms with Crippen molar-refractivity contribution in [3.63, 3.8) is 0 Å². The molecule has 2 N–H and O–H groups in total. The molecule has 0 radical (unpaired) electrons. The maximum Gasteiger partial charge on any atom is 0.417 e. The van der Waals surface area contributed by atoms with Crippen LogP contribution in [0, 0.1) is 0 Å². The van der Waals surface area contributed by atoms with Crippen LogP contribution in [0.15, 0.2) is 51.7 Å². The fourth-order valence-electron chi connectivity index (χ4n) is 4.31. The first-order valence-electron chi connectivity index (χ1n) is 10.4. The number of hydrogen-bond acceptors (Lipinski definition) is 3. The molecular formula is C23H25F3N2O2. The summed E-state index contributed by atoms with van der Waals surface area (Å²) in [6.07, 6.45) is 1.71. The molecule has 1 aromatic heterocycles. The molecule has 0 amide bonds. The summed E-state index contributed by atoms with van der Waals surface area (Å²) in [5.74, 6) is 0.0474. The van der Waals surface area contributed by atoms with Crippen LogP contribution in [0.25, 0.3) is 11.1 Å². The van der Waals surface area contributed by atoms with E-state index in [4.69, 9.17) is 4.42 Å². The molecule has 4 rings (SSSR count). The number of fused-ring (bicyclic) bond motifs is 1. The molecule has 7 heteroatoms. The van der Waals surface area contributed by atoms with Crippen molar-refractivity contribution < 1.29 is 17.6 Å². The van der Waals surface area contributed by atoms with Crippen molar-refractivity contribution >= 4 is 11.1 Å². The second kappa shape index (κ2) is 8.68. The van der Waals surface area contributed by atoms with Crippen LogP contribution in [0.1, 0.15) is 54.7 Å². The zero-order valence-electron chi connectivity index (χ0n) is 16.6. The lowest BCUT2D eigenvalue weighted by atomic mass is 9.81. The highest BCUT2D eigenvalue weighted by molar-refractivity contribution is 5.72. The summed E-state index contributed by atoms with van der Waals surface area (Å²) in [5, 5.41) is 3.59. The van der Waals surface area contributed by atoms with Crippen LogP contribution in [-0.2, 0) is 12.6 Å². The Morgan fingerprint density at radius 2 is 1.77 bits per heavy atom. The minimum atomic E-state index is -4.28. The average molecular weight is 418 g/mol. The van der Waals surface area contributed by atoms with Crippen LogP contribution in [0.4, 0.5) is 13.2 Å². The number of aromatic amines is 1. The second-order valence-corrected chi connectivity index (χ2v) is 8.07. The van der Waals surface area contributed by atoms with Crippen molar-refractivity contribution in [3.05, 3.63) is 69.7 Å². The quantitative estimate of drug-likeness (QED) is 0.528. The van der Waals surface area contributed by atoms with Gasteiger partial charge in [-0.25, -0.2) is 4.79 Å². The predicted molar refractivity (Wildman–Crippen MR) is 110 cm³/mol. The highest BCUT2D eigenvalue weighted by Gasteiger charge is 2.29. The van der Waals surface area contributed by atoms with Gasteiger partial charge in [-0.1, -0.05) is 18.2 Å². The van der Waals surface area contributed by atoms with Gasteiger partial charge in [-0.2, -0.15) is 13.2 Å². The monoisotopic (exact) mass is 418 g/mol. The Balaban J connectivity index is 1.20. The van der Waals surface area contributed by atoms with Gasteiger partial charge >= 0.3 is 11.9 Å². The van der Waals surface area contributed by atoms with Gasteiger partial charge in [0.1, 0.15) is 0 Å². The normalized spacial score (nSPS) is 20.0. The number of benzene rings is 2. The number of alkyl halides is 3. The van der Waals surface area contributed by atoms with E-state index in [0.717, 1.165) is 68.3 Å². The molecule has 30 heavy (non-hydrogen) atoms. The molecule has 4 nitrogen and oxygen atoms in total. The third-order valence-electron chi connectivity index (χ3n) is 6.00. The van der Waals surface area contributed by atoms with Gasteiger partial charge in [-0.3, -0.25) is 4.98 Å². The first-order chi connectivity index (χ1) is 14.4. The van der Waals surface area contributed by atoms with E-state index in [0.29, 0.717) is 17.5 Å². The number of halogens is 3. The molecule has 3 aromatic rings. The number of hydrogen-bond donors (Lipinski definition) is 2. The van der Waals surface area contributed by atoms with Gasteiger partial charge in [0.05, 0.1) is 11.1 Å². The summed E-state index contributed by atoms with van der Waals surface area (Å²) >= 11 is 0. The van der Waals surface area contributed by atoms with E-state index in [9.17, 15) is 18.0 Å². The van der Waals surface area contributed by atoms with Crippen molar-refractivity contribution in [2.75, 3.05) is 6.54 Å². The summed E-state index contributed by atoms with van der Waals surface area (Å²) < 4.78 is 43.0. The van der Waals surface area contributed by atoms with Crippen molar-refractivity contribution in [1.29, 1.82) is 0 Å². The number of aryl methyl sites for hydroxylation is 1. The molecule has 1 fully saturated rings. The van der Waals surface area contributed by atoms with Crippen LogP contribution < -0.4 is 11.1 Å². The molecule has 2 aromatic carbocycles. The molecular weight excluding hydrogens is 393 g/mol. The fourth-order valence-corrected chi connectivity index (χ4v) is 4.31. The Morgan fingerprint density at radius 1 is 1.03 bits per heavy atom. The Labute approximate surface area is 172 Å². The van der Waals surface area contributed by atoms with E-state index >= 15 is 0 Å². The number of oxazole rings is 1. The van der Waals surface area contributed by atoms with E-state index in [-0.39, 0.29) is 0 Å². The molecule has 0 unspecified atom stereocenters. The van der Waals surface area contributed by atoms with Crippen molar-refractivity contribution in [2.45, 2.75) is 56.7 Å². The Hall–Kier alpha value is -2.54. The molecule has 1 aliphatic carbocycles. The van der Waals surface area contributed by atoms with Gasteiger partial charge in [0.25, 0.3) is 0 Å². The highest BCUT2D eigenvalue weighted by atomic mass is 19.4. The Morgan fingerprint density at radius 3 is 2.47 bits per heavy atom. The zero-order chi connectivity index (χ0) is 21.1. The maximum absolute atomic E-state index is 12.6. The van der Waals surface area contributed by atoms with Gasteiger partial charge in [-0.15, -0.1) is 0 Å². The SMILES string of the molecule is O=c1[nH]c2ccc(C3CCC(NCCCc4ccc(C(F)(F)F)cc4)CC3)cc2o1. The standard InChI is InChI=1S/C23H25F3N2O2/c24-23(25,26)18-8-3-15(4-9-18)2-1-13-27-19-10-5-16(6-11-19)17-7-12-20-21(14-17)30-22(29)28-20/h3-4,7-9,12,14,16,19,27H,1-2,5-6,10-11,13H2,(H,28,29). The lowest BCUT2D eigenvalue weighted by Gasteiger charge is -2.29. The Kier molecular flexibility index (Phi) is 5.99. The Bertz CT molecular complexity index is 1030. The minimum Gasteiger partial charge on any atom is -0.408 e. The summed E-state index contributed by atoms with van der Waals surface area (Å²) in [6, 6.07) is 11.9. The predicted octanol–water partition coefficient (Wildman–Crippen LogP) is 5.39. The van der Waals surface area contributed by atoms with E-state index in [1.165, 1.54) is 5.56 Å². The third-order valence-corrected chi connectivity index (χ3v) is 6.00. The number of H-pyrrole nitrogens is 1. The summed E-state index contributed by atoms with van der Waals surface area (Å²) in [6.45, 7) is 0.858. The minimum absolute atomic E-state index is 0.425. The van der Waals surface area contributed by atoms with Gasteiger partial charge in [-0.05, 0) is 86.4 Å². The van der Waals surface area contributed by atoms with Crippen molar-refractivity contribution in [1.82, 2.24) is 10.3 Å².